The minimum Gasteiger partial charge on any atom is -0.293 e. The summed E-state index contributed by atoms with van der Waals surface area (Å²) in [6.07, 6.45) is -5.79. The molecule has 1 N–H and O–H groups in total. The van der Waals surface area contributed by atoms with Crippen LogP contribution < -0.4 is 5.43 Å². The van der Waals surface area contributed by atoms with E-state index in [9.17, 15) is 22.8 Å². The monoisotopic (exact) mass is 374 g/mol. The van der Waals surface area contributed by atoms with Gasteiger partial charge in [0, 0.05) is 10.6 Å². The highest BCUT2D eigenvalue weighted by Crippen LogP contribution is 2.22. The van der Waals surface area contributed by atoms with Gasteiger partial charge in [-0.15, -0.1) is 11.3 Å². The number of amides is 1. The molecule has 2 aromatic rings. The van der Waals surface area contributed by atoms with Gasteiger partial charge in [-0.25, -0.2) is 5.43 Å². The molecule has 1 aromatic heterocycles. The second-order valence-electron chi connectivity index (χ2n) is 4.58. The van der Waals surface area contributed by atoms with Crippen molar-refractivity contribution in [2.45, 2.75) is 12.6 Å². The van der Waals surface area contributed by atoms with E-state index in [2.05, 4.69) is 5.10 Å². The van der Waals surface area contributed by atoms with Crippen LogP contribution in [0.3, 0.4) is 0 Å². The van der Waals surface area contributed by atoms with Crippen LogP contribution in [-0.4, -0.2) is 23.6 Å². The second kappa shape index (κ2) is 7.59. The van der Waals surface area contributed by atoms with Crippen molar-refractivity contribution in [2.24, 2.45) is 5.10 Å². The van der Waals surface area contributed by atoms with E-state index in [0.717, 1.165) is 11.3 Å². The number of hydrogen-bond donors (Lipinski definition) is 1. The number of hydrazone groups is 1. The molecular weight excluding hydrogens is 365 g/mol. The van der Waals surface area contributed by atoms with E-state index >= 15 is 0 Å². The Labute approximate surface area is 143 Å². The van der Waals surface area contributed by atoms with Crippen molar-refractivity contribution < 1.29 is 22.8 Å². The number of thiophene rings is 1. The summed E-state index contributed by atoms with van der Waals surface area (Å²) in [6.45, 7) is 0. The Morgan fingerprint density at radius 3 is 2.38 bits per heavy atom. The largest absolute Gasteiger partial charge is 0.431 e. The SMILES string of the molecule is O=C(NN=C(CC(=O)c1cccs1)C(F)(F)F)c1ccc(Cl)cc1. The van der Waals surface area contributed by atoms with E-state index in [-0.39, 0.29) is 10.4 Å². The molecule has 1 heterocycles. The van der Waals surface area contributed by atoms with E-state index in [4.69, 9.17) is 11.6 Å². The lowest BCUT2D eigenvalue weighted by Crippen LogP contribution is -2.30. The zero-order valence-electron chi connectivity index (χ0n) is 11.9. The van der Waals surface area contributed by atoms with Gasteiger partial charge < -0.3 is 0 Å². The molecule has 0 aliphatic heterocycles. The molecule has 1 aromatic carbocycles. The van der Waals surface area contributed by atoms with Gasteiger partial charge in [-0.2, -0.15) is 18.3 Å². The average Bonchev–Trinajstić information content (AvgIpc) is 3.05. The maximum atomic E-state index is 13.0. The molecule has 4 nitrogen and oxygen atoms in total. The fraction of sp³-hybridized carbons (Fsp3) is 0.133. The number of nitrogens with one attached hydrogen (secondary N) is 1. The van der Waals surface area contributed by atoms with Crippen molar-refractivity contribution in [1.29, 1.82) is 0 Å². The molecule has 0 aliphatic rings. The molecular formula is C15H10ClF3N2O2S. The van der Waals surface area contributed by atoms with Crippen LogP contribution >= 0.6 is 22.9 Å². The molecule has 0 saturated carbocycles. The molecule has 9 heteroatoms. The lowest BCUT2D eigenvalue weighted by molar-refractivity contribution is -0.0605. The first-order valence-electron chi connectivity index (χ1n) is 6.54. The minimum absolute atomic E-state index is 0.0919. The summed E-state index contributed by atoms with van der Waals surface area (Å²) in [7, 11) is 0. The Hall–Kier alpha value is -2.19. The van der Waals surface area contributed by atoms with Crippen LogP contribution in [0.15, 0.2) is 46.9 Å². The van der Waals surface area contributed by atoms with E-state index in [0.29, 0.717) is 5.02 Å². The summed E-state index contributed by atoms with van der Waals surface area (Å²) in [5.74, 6) is -1.56. The summed E-state index contributed by atoms with van der Waals surface area (Å²) in [6, 6.07) is 8.52. The van der Waals surface area contributed by atoms with Crippen LogP contribution in [0.5, 0.6) is 0 Å². The lowest BCUT2D eigenvalue weighted by atomic mass is 10.1. The number of rotatable bonds is 5. The minimum atomic E-state index is -4.83. The van der Waals surface area contributed by atoms with Gasteiger partial charge in [-0.05, 0) is 35.7 Å². The van der Waals surface area contributed by atoms with Crippen molar-refractivity contribution in [1.82, 2.24) is 5.43 Å². The number of benzene rings is 1. The highest BCUT2D eigenvalue weighted by Gasteiger charge is 2.37. The summed E-state index contributed by atoms with van der Waals surface area (Å²) < 4.78 is 38.9. The normalized spacial score (nSPS) is 12.1. The predicted molar refractivity (Wildman–Crippen MR) is 85.7 cm³/mol. The Morgan fingerprint density at radius 2 is 1.83 bits per heavy atom. The van der Waals surface area contributed by atoms with Gasteiger partial charge in [-0.3, -0.25) is 9.59 Å². The number of alkyl halides is 3. The first kappa shape index (κ1) is 18.2. The summed E-state index contributed by atoms with van der Waals surface area (Å²) >= 11 is 6.70. The lowest BCUT2D eigenvalue weighted by Gasteiger charge is -2.10. The molecule has 1 amide bonds. The quantitative estimate of drug-likeness (QED) is 0.481. The predicted octanol–water partition coefficient (Wildman–Crippen LogP) is 4.32. The molecule has 0 atom stereocenters. The third-order valence-electron chi connectivity index (χ3n) is 2.85. The topological polar surface area (TPSA) is 58.5 Å². The zero-order valence-corrected chi connectivity index (χ0v) is 13.5. The van der Waals surface area contributed by atoms with Crippen molar-refractivity contribution in [3.8, 4) is 0 Å². The maximum Gasteiger partial charge on any atom is 0.431 e. The van der Waals surface area contributed by atoms with Crippen LogP contribution in [0.2, 0.25) is 5.02 Å². The number of carbonyl (C=O) groups is 2. The Morgan fingerprint density at radius 1 is 1.17 bits per heavy atom. The Bertz CT molecular complexity index is 756. The number of Topliss-reactive ketones (excluding diaryl/α,β-unsaturated/α-hetero) is 1. The van der Waals surface area contributed by atoms with Gasteiger partial charge in [0.15, 0.2) is 5.78 Å². The second-order valence-corrected chi connectivity index (χ2v) is 5.97. The fourth-order valence-corrected chi connectivity index (χ4v) is 2.45. The molecule has 126 valence electrons. The van der Waals surface area contributed by atoms with E-state index in [1.54, 1.807) is 11.4 Å². The molecule has 0 aliphatic carbocycles. The average molecular weight is 375 g/mol. The number of carbonyl (C=O) groups excluding carboxylic acids is 2. The van der Waals surface area contributed by atoms with Gasteiger partial charge in [0.25, 0.3) is 5.91 Å². The van der Waals surface area contributed by atoms with Gasteiger partial charge in [0.05, 0.1) is 11.3 Å². The van der Waals surface area contributed by atoms with Gasteiger partial charge in [-0.1, -0.05) is 17.7 Å². The fourth-order valence-electron chi connectivity index (χ4n) is 1.66. The van der Waals surface area contributed by atoms with E-state index in [1.807, 2.05) is 5.43 Å². The number of nitrogens with zero attached hydrogens (tertiary/aromatic N) is 1. The first-order chi connectivity index (χ1) is 11.3. The van der Waals surface area contributed by atoms with Crippen molar-refractivity contribution >= 4 is 40.3 Å². The smallest absolute Gasteiger partial charge is 0.293 e. The summed E-state index contributed by atoms with van der Waals surface area (Å²) in [5.41, 5.74) is 0.533. The summed E-state index contributed by atoms with van der Waals surface area (Å²) in [5, 5.41) is 5.05. The third-order valence-corrected chi connectivity index (χ3v) is 4.01. The Kier molecular flexibility index (Phi) is 5.74. The van der Waals surface area contributed by atoms with Crippen LogP contribution in [-0.2, 0) is 0 Å². The Balaban J connectivity index is 2.12. The number of halogens is 4. The van der Waals surface area contributed by atoms with Gasteiger partial charge in [0.2, 0.25) is 0 Å². The molecule has 0 saturated heterocycles. The zero-order chi connectivity index (χ0) is 17.7. The van der Waals surface area contributed by atoms with Gasteiger partial charge >= 0.3 is 6.18 Å². The van der Waals surface area contributed by atoms with E-state index in [1.165, 1.54) is 30.3 Å². The molecule has 0 radical (unpaired) electrons. The van der Waals surface area contributed by atoms with Crippen molar-refractivity contribution in [3.05, 3.63) is 57.2 Å². The van der Waals surface area contributed by atoms with Crippen LogP contribution in [0.25, 0.3) is 0 Å². The molecule has 0 spiro atoms. The molecule has 2 rings (SSSR count). The molecule has 0 fully saturated rings. The maximum absolute atomic E-state index is 13.0. The van der Waals surface area contributed by atoms with Gasteiger partial charge in [0.1, 0.15) is 5.71 Å². The van der Waals surface area contributed by atoms with Crippen LogP contribution in [0.4, 0.5) is 13.2 Å². The highest BCUT2D eigenvalue weighted by molar-refractivity contribution is 7.12. The van der Waals surface area contributed by atoms with Crippen LogP contribution in [0.1, 0.15) is 26.5 Å². The number of ketones is 1. The van der Waals surface area contributed by atoms with E-state index < -0.39 is 30.0 Å². The van der Waals surface area contributed by atoms with Crippen molar-refractivity contribution in [3.63, 3.8) is 0 Å². The standard InChI is InChI=1S/C15H10ClF3N2O2S/c16-10-5-3-9(4-6-10)14(23)21-20-13(15(17,18)19)8-11(22)12-2-1-7-24-12/h1-7H,8H2,(H,21,23). The first-order valence-corrected chi connectivity index (χ1v) is 7.79. The van der Waals surface area contributed by atoms with Crippen LogP contribution in [0, 0.1) is 0 Å². The molecule has 0 bridgehead atoms. The third kappa shape index (κ3) is 4.90. The highest BCUT2D eigenvalue weighted by atomic mass is 35.5. The molecule has 24 heavy (non-hydrogen) atoms. The van der Waals surface area contributed by atoms with Crippen molar-refractivity contribution in [2.75, 3.05) is 0 Å². The summed E-state index contributed by atoms with van der Waals surface area (Å²) in [4.78, 5) is 23.8. The molecule has 0 unspecified atom stereocenters. The number of hydrogen-bond acceptors (Lipinski definition) is 4.